The average molecular weight is 226 g/mol. The van der Waals surface area contributed by atoms with E-state index in [1.165, 1.54) is 4.90 Å². The van der Waals surface area contributed by atoms with Crippen LogP contribution in [-0.4, -0.2) is 32.2 Å². The van der Waals surface area contributed by atoms with Gasteiger partial charge in [0.1, 0.15) is 0 Å². The first kappa shape index (κ1) is 12.6. The van der Waals surface area contributed by atoms with E-state index in [9.17, 15) is 0 Å². The Kier molecular flexibility index (Phi) is 6.48. The van der Waals surface area contributed by atoms with Gasteiger partial charge in [0, 0.05) is 17.8 Å². The first-order valence-corrected chi connectivity index (χ1v) is 6.10. The predicted molar refractivity (Wildman–Crippen MR) is 64.5 cm³/mol. The smallest absolute Gasteiger partial charge is 0.0780 e. The van der Waals surface area contributed by atoms with Gasteiger partial charge in [-0.3, -0.25) is 0 Å². The van der Waals surface area contributed by atoms with Gasteiger partial charge in [-0.2, -0.15) is 0 Å². The highest BCUT2D eigenvalue weighted by Crippen LogP contribution is 2.16. The van der Waals surface area contributed by atoms with E-state index in [1.54, 1.807) is 7.11 Å². The molecule has 1 aromatic carbocycles. The second kappa shape index (κ2) is 7.74. The zero-order valence-corrected chi connectivity index (χ0v) is 10.1. The standard InChI is InChI=1S/C12H18O2S/c1-11(10-13-2)14-8-9-15-12-6-4-3-5-7-12/h3-7,11H,8-10H2,1-2H3. The first-order valence-electron chi connectivity index (χ1n) is 5.11. The minimum atomic E-state index is 0.186. The van der Waals surface area contributed by atoms with Gasteiger partial charge < -0.3 is 9.47 Å². The van der Waals surface area contributed by atoms with Crippen molar-refractivity contribution in [1.29, 1.82) is 0 Å². The summed E-state index contributed by atoms with van der Waals surface area (Å²) in [5, 5.41) is 0. The summed E-state index contributed by atoms with van der Waals surface area (Å²) in [4.78, 5) is 1.29. The lowest BCUT2D eigenvalue weighted by Gasteiger charge is -2.11. The van der Waals surface area contributed by atoms with Gasteiger partial charge in [-0.15, -0.1) is 11.8 Å². The van der Waals surface area contributed by atoms with Gasteiger partial charge >= 0.3 is 0 Å². The molecule has 0 bridgehead atoms. The Morgan fingerprint density at radius 3 is 2.67 bits per heavy atom. The molecule has 0 amide bonds. The number of hydrogen-bond donors (Lipinski definition) is 0. The molecule has 0 fully saturated rings. The van der Waals surface area contributed by atoms with Crippen LogP contribution in [0.15, 0.2) is 35.2 Å². The quantitative estimate of drug-likeness (QED) is 0.526. The molecule has 0 saturated carbocycles. The van der Waals surface area contributed by atoms with E-state index in [0.717, 1.165) is 12.4 Å². The SMILES string of the molecule is COCC(C)OCCSc1ccccc1. The molecule has 1 atom stereocenters. The van der Waals surface area contributed by atoms with E-state index in [4.69, 9.17) is 9.47 Å². The summed E-state index contributed by atoms with van der Waals surface area (Å²) < 4.78 is 10.5. The molecule has 0 saturated heterocycles. The van der Waals surface area contributed by atoms with Crippen LogP contribution in [0.5, 0.6) is 0 Å². The van der Waals surface area contributed by atoms with Gasteiger partial charge in [-0.05, 0) is 19.1 Å². The van der Waals surface area contributed by atoms with Crippen LogP contribution in [0, 0.1) is 0 Å². The molecule has 0 aliphatic carbocycles. The summed E-state index contributed by atoms with van der Waals surface area (Å²) in [5.41, 5.74) is 0. The van der Waals surface area contributed by atoms with E-state index < -0.39 is 0 Å². The Bertz CT molecular complexity index is 251. The molecule has 0 radical (unpaired) electrons. The minimum Gasteiger partial charge on any atom is -0.382 e. The second-order valence-corrected chi connectivity index (χ2v) is 4.47. The lowest BCUT2D eigenvalue weighted by Crippen LogP contribution is -2.16. The van der Waals surface area contributed by atoms with Crippen molar-refractivity contribution < 1.29 is 9.47 Å². The maximum absolute atomic E-state index is 5.56. The highest BCUT2D eigenvalue weighted by Gasteiger charge is 2.00. The maximum Gasteiger partial charge on any atom is 0.0780 e. The van der Waals surface area contributed by atoms with Crippen LogP contribution in [0.1, 0.15) is 6.92 Å². The number of rotatable bonds is 7. The Balaban J connectivity index is 2.07. The Morgan fingerprint density at radius 2 is 2.00 bits per heavy atom. The van der Waals surface area contributed by atoms with E-state index in [0.29, 0.717) is 6.61 Å². The molecular weight excluding hydrogens is 208 g/mol. The van der Waals surface area contributed by atoms with Crippen LogP contribution in [0.3, 0.4) is 0 Å². The molecule has 0 aliphatic heterocycles. The fraction of sp³-hybridized carbons (Fsp3) is 0.500. The molecular formula is C12H18O2S. The van der Waals surface area contributed by atoms with Gasteiger partial charge in [0.05, 0.1) is 19.3 Å². The van der Waals surface area contributed by atoms with Crippen molar-refractivity contribution in [3.8, 4) is 0 Å². The Morgan fingerprint density at radius 1 is 1.27 bits per heavy atom. The molecule has 1 aromatic rings. The van der Waals surface area contributed by atoms with Gasteiger partial charge in [-0.25, -0.2) is 0 Å². The van der Waals surface area contributed by atoms with E-state index in [1.807, 2.05) is 24.8 Å². The summed E-state index contributed by atoms with van der Waals surface area (Å²) in [5.74, 6) is 0.984. The third-order valence-corrected chi connectivity index (χ3v) is 2.88. The molecule has 1 unspecified atom stereocenters. The lowest BCUT2D eigenvalue weighted by atomic mass is 10.4. The molecule has 1 rings (SSSR count). The lowest BCUT2D eigenvalue weighted by molar-refractivity contribution is 0.0167. The van der Waals surface area contributed by atoms with Gasteiger partial charge in [0.2, 0.25) is 0 Å². The van der Waals surface area contributed by atoms with Crippen molar-refractivity contribution in [2.24, 2.45) is 0 Å². The Labute approximate surface area is 96.0 Å². The number of thioether (sulfide) groups is 1. The summed E-state index contributed by atoms with van der Waals surface area (Å²) in [6.07, 6.45) is 0.186. The molecule has 0 heterocycles. The number of ether oxygens (including phenoxy) is 2. The topological polar surface area (TPSA) is 18.5 Å². The summed E-state index contributed by atoms with van der Waals surface area (Å²) >= 11 is 1.81. The highest BCUT2D eigenvalue weighted by molar-refractivity contribution is 7.99. The Hall–Kier alpha value is -0.510. The van der Waals surface area contributed by atoms with Crippen molar-refractivity contribution in [1.82, 2.24) is 0 Å². The largest absolute Gasteiger partial charge is 0.382 e. The van der Waals surface area contributed by atoms with Gasteiger partial charge in [-0.1, -0.05) is 18.2 Å². The molecule has 3 heteroatoms. The van der Waals surface area contributed by atoms with E-state index >= 15 is 0 Å². The first-order chi connectivity index (χ1) is 7.33. The van der Waals surface area contributed by atoms with Crippen molar-refractivity contribution in [2.45, 2.75) is 17.9 Å². The zero-order chi connectivity index (χ0) is 10.9. The third-order valence-electron chi connectivity index (χ3n) is 1.90. The van der Waals surface area contributed by atoms with Crippen LogP contribution in [0.2, 0.25) is 0 Å². The minimum absolute atomic E-state index is 0.186. The van der Waals surface area contributed by atoms with Crippen LogP contribution in [0.4, 0.5) is 0 Å². The van der Waals surface area contributed by atoms with Crippen LogP contribution in [0.25, 0.3) is 0 Å². The van der Waals surface area contributed by atoms with Crippen LogP contribution in [-0.2, 0) is 9.47 Å². The van der Waals surface area contributed by atoms with Crippen LogP contribution < -0.4 is 0 Å². The van der Waals surface area contributed by atoms with Crippen LogP contribution >= 0.6 is 11.8 Å². The molecule has 2 nitrogen and oxygen atoms in total. The van der Waals surface area contributed by atoms with E-state index in [-0.39, 0.29) is 6.10 Å². The normalized spacial score (nSPS) is 12.7. The highest BCUT2D eigenvalue weighted by atomic mass is 32.2. The molecule has 0 N–H and O–H groups in total. The summed E-state index contributed by atoms with van der Waals surface area (Å²) in [6.45, 7) is 3.46. The van der Waals surface area contributed by atoms with Crippen molar-refractivity contribution in [2.75, 3.05) is 26.1 Å². The second-order valence-electron chi connectivity index (χ2n) is 3.30. The van der Waals surface area contributed by atoms with Crippen molar-refractivity contribution >= 4 is 11.8 Å². The molecule has 0 spiro atoms. The van der Waals surface area contributed by atoms with Gasteiger partial charge in [0.15, 0.2) is 0 Å². The van der Waals surface area contributed by atoms with Gasteiger partial charge in [0.25, 0.3) is 0 Å². The summed E-state index contributed by atoms with van der Waals surface area (Å²) in [6, 6.07) is 10.4. The molecule has 15 heavy (non-hydrogen) atoms. The zero-order valence-electron chi connectivity index (χ0n) is 9.31. The van der Waals surface area contributed by atoms with Crippen molar-refractivity contribution in [3.63, 3.8) is 0 Å². The summed E-state index contributed by atoms with van der Waals surface area (Å²) in [7, 11) is 1.69. The maximum atomic E-state index is 5.56. The average Bonchev–Trinajstić information content (AvgIpc) is 2.26. The molecule has 0 aromatic heterocycles. The van der Waals surface area contributed by atoms with Crippen molar-refractivity contribution in [3.05, 3.63) is 30.3 Å². The molecule has 0 aliphatic rings. The monoisotopic (exact) mass is 226 g/mol. The third kappa shape index (κ3) is 5.82. The predicted octanol–water partition coefficient (Wildman–Crippen LogP) is 2.83. The fourth-order valence-electron chi connectivity index (χ4n) is 1.21. The number of methoxy groups -OCH3 is 1. The number of hydrogen-bond acceptors (Lipinski definition) is 3. The number of benzene rings is 1. The van der Waals surface area contributed by atoms with E-state index in [2.05, 4.69) is 24.3 Å². The fourth-order valence-corrected chi connectivity index (χ4v) is 1.97. The molecule has 84 valence electrons.